The molecule has 2 saturated carbocycles. The maximum absolute atomic E-state index is 13.9. The van der Waals surface area contributed by atoms with Gasteiger partial charge in [-0.1, -0.05) is 18.2 Å². The molecule has 51 heavy (non-hydrogen) atoms. The van der Waals surface area contributed by atoms with Crippen molar-refractivity contribution >= 4 is 80.8 Å². The van der Waals surface area contributed by atoms with Gasteiger partial charge < -0.3 is 29.4 Å². The van der Waals surface area contributed by atoms with Gasteiger partial charge in [0, 0.05) is 43.0 Å². The van der Waals surface area contributed by atoms with Gasteiger partial charge in [0.1, 0.15) is 58.3 Å². The van der Waals surface area contributed by atoms with Crippen LogP contribution < -0.4 is 10.5 Å². The van der Waals surface area contributed by atoms with Crippen molar-refractivity contribution in [1.82, 2.24) is 23.9 Å². The van der Waals surface area contributed by atoms with E-state index in [9.17, 15) is 9.59 Å². The fourth-order valence-corrected chi connectivity index (χ4v) is 9.18. The first-order valence-corrected chi connectivity index (χ1v) is 19.1. The van der Waals surface area contributed by atoms with Gasteiger partial charge in [-0.2, -0.15) is 0 Å². The Morgan fingerprint density at radius 2 is 1.67 bits per heavy atom. The summed E-state index contributed by atoms with van der Waals surface area (Å²) < 4.78 is 10.6. The summed E-state index contributed by atoms with van der Waals surface area (Å²) in [5, 5.41) is 0.721. The van der Waals surface area contributed by atoms with E-state index in [0.29, 0.717) is 42.2 Å². The van der Waals surface area contributed by atoms with Gasteiger partial charge in [-0.25, -0.2) is 4.98 Å². The summed E-state index contributed by atoms with van der Waals surface area (Å²) in [6.07, 6.45) is 6.21. The van der Waals surface area contributed by atoms with Crippen LogP contribution in [0, 0.1) is 17.8 Å². The van der Waals surface area contributed by atoms with E-state index in [0.717, 1.165) is 54.8 Å². The third kappa shape index (κ3) is 6.57. The van der Waals surface area contributed by atoms with Gasteiger partial charge in [0.05, 0.1) is 23.8 Å². The minimum Gasteiger partial charge on any atom is -0.494 e. The molecule has 1 aliphatic heterocycles. The maximum atomic E-state index is 13.9. The lowest BCUT2D eigenvalue weighted by molar-refractivity contribution is -0.139. The van der Waals surface area contributed by atoms with Gasteiger partial charge in [0.15, 0.2) is 5.82 Å². The van der Waals surface area contributed by atoms with Crippen LogP contribution in [0.2, 0.25) is 0 Å². The third-order valence-electron chi connectivity index (χ3n) is 11.8. The molecule has 0 spiro atoms. The number of nitrogens with zero attached hydrogens (tertiary/aromatic N) is 5. The van der Waals surface area contributed by atoms with Gasteiger partial charge >= 0.3 is 0 Å². The summed E-state index contributed by atoms with van der Waals surface area (Å²) in [4.78, 5) is 37.2. The summed E-state index contributed by atoms with van der Waals surface area (Å²) in [6, 6.07) is 12.9. The van der Waals surface area contributed by atoms with Crippen molar-refractivity contribution in [3.63, 3.8) is 0 Å². The number of amides is 2. The number of ether oxygens (including phenoxy) is 1. The summed E-state index contributed by atoms with van der Waals surface area (Å²) in [5.41, 5.74) is 11.9. The number of likely N-dealkylation sites (tertiary alicyclic amines) is 1. The van der Waals surface area contributed by atoms with Crippen LogP contribution in [0.15, 0.2) is 36.4 Å². The lowest BCUT2D eigenvalue weighted by Gasteiger charge is -2.51. The molecule has 2 aromatic heterocycles. The van der Waals surface area contributed by atoms with Crippen LogP contribution in [-0.2, 0) is 18.4 Å². The first kappa shape index (κ1) is 35.9. The summed E-state index contributed by atoms with van der Waals surface area (Å²) in [7, 11) is 16.6. The van der Waals surface area contributed by atoms with E-state index in [1.165, 1.54) is 29.3 Å². The molecule has 1 saturated heterocycles. The largest absolute Gasteiger partial charge is 0.494 e. The lowest BCUT2D eigenvalue weighted by atomic mass is 9.40. The Balaban J connectivity index is 1.26. The van der Waals surface area contributed by atoms with Crippen molar-refractivity contribution in [2.24, 2.45) is 30.5 Å². The number of methoxy groups -OCH3 is 1. The lowest BCUT2D eigenvalue weighted by Crippen LogP contribution is -2.67. The number of nitrogens with two attached hydrogens (primary N) is 1. The second kappa shape index (κ2) is 13.2. The zero-order valence-corrected chi connectivity index (χ0v) is 32.3. The molecule has 2 aromatic carbocycles. The highest BCUT2D eigenvalue weighted by molar-refractivity contribution is 6.64. The van der Waals surface area contributed by atoms with Gasteiger partial charge in [0.2, 0.25) is 5.91 Å². The molecule has 0 unspecified atom stereocenters. The molecular formula is C36H52B6N6O3. The molecule has 2 atom stereocenters. The number of rotatable bonds is 10. The quantitative estimate of drug-likeness (QED) is 0.220. The molecule has 4 aromatic rings. The molecule has 2 amide bonds. The van der Waals surface area contributed by atoms with Gasteiger partial charge in [0.25, 0.3) is 5.91 Å². The van der Waals surface area contributed by atoms with Gasteiger partial charge in [-0.15, -0.1) is 0 Å². The van der Waals surface area contributed by atoms with Crippen molar-refractivity contribution in [1.29, 1.82) is 0 Å². The molecule has 0 bridgehead atoms. The Labute approximate surface area is 308 Å². The zero-order valence-electron chi connectivity index (χ0n) is 32.3. The number of aryl methyl sites for hydroxylation is 1. The van der Waals surface area contributed by atoms with Crippen LogP contribution >= 0.6 is 0 Å². The maximum Gasteiger partial charge on any atom is 0.254 e. The van der Waals surface area contributed by atoms with Crippen molar-refractivity contribution in [2.75, 3.05) is 20.2 Å². The highest BCUT2D eigenvalue weighted by atomic mass is 16.5. The molecule has 9 nitrogen and oxygen atoms in total. The highest BCUT2D eigenvalue weighted by Crippen LogP contribution is 2.47. The first-order chi connectivity index (χ1) is 24.1. The number of para-hydroxylation sites is 1. The molecule has 3 heterocycles. The van der Waals surface area contributed by atoms with Crippen LogP contribution in [-0.4, -0.2) is 120 Å². The second-order valence-corrected chi connectivity index (χ2v) is 17.8. The Morgan fingerprint density at radius 3 is 2.29 bits per heavy atom. The van der Waals surface area contributed by atoms with Gasteiger partial charge in [-0.3, -0.25) is 9.59 Å². The second-order valence-electron chi connectivity index (χ2n) is 17.8. The predicted molar refractivity (Wildman–Crippen MR) is 222 cm³/mol. The van der Waals surface area contributed by atoms with E-state index in [1.54, 1.807) is 7.11 Å². The van der Waals surface area contributed by atoms with E-state index < -0.39 is 0 Å². The van der Waals surface area contributed by atoms with Crippen molar-refractivity contribution in [2.45, 2.75) is 74.4 Å². The summed E-state index contributed by atoms with van der Waals surface area (Å²) in [6.45, 7) is 4.33. The number of hydrogen-bond donors (Lipinski definition) is 1. The molecule has 2 N–H and O–H groups in total. The zero-order chi connectivity index (χ0) is 36.6. The minimum atomic E-state index is -0.240. The monoisotopic (exact) mass is 682 g/mol. The molecule has 262 valence electrons. The highest BCUT2D eigenvalue weighted by Gasteiger charge is 2.44. The fraction of sp³-hybridized carbons (Fsp3) is 0.528. The standard InChI is InChI=1S/C36H52B6N6O3/c1-19-7-8-21(16-43)18-46(19)33(49)25-13-27-31(29(15-25)51-3)45(2)32(44-27)28-14-22-5-4-6-26(30(22)47(28)17-20-9-10-20)23-11-24(12-23)34(50)48(35(37,38)39)36(40,41)42/h4-6,13-15,19-21,23-24H,7-12,16-18,37-43H2,1-3H3/t19-,21-,23?,24?/m0/s1. The molecule has 3 fully saturated rings. The first-order valence-electron chi connectivity index (χ1n) is 19.1. The van der Waals surface area contributed by atoms with Crippen molar-refractivity contribution in [3.05, 3.63) is 47.5 Å². The molecule has 3 aliphatic rings. The fourth-order valence-electron chi connectivity index (χ4n) is 9.18. The summed E-state index contributed by atoms with van der Waals surface area (Å²) in [5.74, 6) is 3.11. The van der Waals surface area contributed by atoms with Crippen molar-refractivity contribution < 1.29 is 14.3 Å². The number of hydrogen-bond acceptors (Lipinski definition) is 5. The van der Waals surface area contributed by atoms with Crippen LogP contribution in [0.25, 0.3) is 33.5 Å². The Kier molecular flexibility index (Phi) is 9.29. The topological polar surface area (TPSA) is 98.6 Å². The number of carbonyl (C=O) groups excluding carboxylic acids is 2. The van der Waals surface area contributed by atoms with E-state index in [4.69, 9.17) is 15.5 Å². The average Bonchev–Trinajstić information content (AvgIpc) is 3.70. The van der Waals surface area contributed by atoms with Crippen LogP contribution in [0.5, 0.6) is 5.75 Å². The Bertz CT molecular complexity index is 1980. The molecule has 2 aliphatic carbocycles. The predicted octanol–water partition coefficient (Wildman–Crippen LogP) is -0.844. The average molecular weight is 682 g/mol. The van der Waals surface area contributed by atoms with Crippen LogP contribution in [0.4, 0.5) is 0 Å². The number of aromatic nitrogens is 3. The van der Waals surface area contributed by atoms with Crippen LogP contribution in [0.1, 0.15) is 67.3 Å². The van der Waals surface area contributed by atoms with Crippen molar-refractivity contribution in [3.8, 4) is 17.3 Å². The Hall–Kier alpha value is -3.46. The smallest absolute Gasteiger partial charge is 0.254 e. The number of benzene rings is 2. The minimum absolute atomic E-state index is 0.00551. The normalized spacial score (nSPS) is 22.6. The molecule has 7 rings (SSSR count). The van der Waals surface area contributed by atoms with E-state index >= 15 is 0 Å². The third-order valence-corrected chi connectivity index (χ3v) is 11.8. The Morgan fingerprint density at radius 1 is 0.980 bits per heavy atom. The molecule has 0 radical (unpaired) electrons. The van der Waals surface area contributed by atoms with Crippen LogP contribution in [0.3, 0.4) is 0 Å². The number of imidazole rings is 1. The summed E-state index contributed by atoms with van der Waals surface area (Å²) >= 11 is 0. The number of piperidine rings is 1. The van der Waals surface area contributed by atoms with E-state index in [-0.39, 0.29) is 34.2 Å². The van der Waals surface area contributed by atoms with Gasteiger partial charge in [-0.05, 0) is 104 Å². The SMILES string of the molecule is BC(B)(B)N(C(=O)C1CC(c2cccc3cc(-c4nc5cc(C(=O)N6C[C@H](CN)CC[C@@H]6C)cc(OC)c5n4C)n(CC4CC4)c23)C1)C(B)(B)B. The number of fused-ring (bicyclic) bond motifs is 2. The van der Waals surface area contributed by atoms with E-state index in [2.05, 4.69) is 92.3 Å². The molecule has 15 heteroatoms. The number of carbonyl (C=O) groups is 2. The van der Waals surface area contributed by atoms with E-state index in [1.807, 2.05) is 24.1 Å². The molecular weight excluding hydrogens is 629 g/mol.